The van der Waals surface area contributed by atoms with Crippen LogP contribution in [0, 0.1) is 12.7 Å². The van der Waals surface area contributed by atoms with Crippen LogP contribution in [-0.2, 0) is 0 Å². The Kier molecular flexibility index (Phi) is 4.20. The van der Waals surface area contributed by atoms with Crippen LogP contribution in [0.5, 0.6) is 0 Å². The Morgan fingerprint density at radius 3 is 2.89 bits per heavy atom. The van der Waals surface area contributed by atoms with Gasteiger partial charge in [0.05, 0.1) is 5.56 Å². The Bertz CT molecular complexity index is 475. The zero-order valence-corrected chi connectivity index (χ0v) is 11.8. The Balaban J connectivity index is 2.08. The number of likely N-dealkylation sites (tertiary alicyclic amines) is 1. The van der Waals surface area contributed by atoms with E-state index in [2.05, 4.69) is 11.9 Å². The van der Waals surface area contributed by atoms with Crippen LogP contribution in [0.2, 0.25) is 0 Å². The van der Waals surface area contributed by atoms with Gasteiger partial charge in [0.2, 0.25) is 0 Å². The summed E-state index contributed by atoms with van der Waals surface area (Å²) in [4.78, 5) is 16.2. The molecule has 0 aromatic heterocycles. The number of rotatable bonds is 3. The third-order valence-corrected chi connectivity index (χ3v) is 3.86. The quantitative estimate of drug-likeness (QED) is 0.836. The van der Waals surface area contributed by atoms with Gasteiger partial charge in [-0.15, -0.1) is 0 Å². The molecule has 4 heteroatoms. The topological polar surface area (TPSA) is 23.6 Å². The maximum absolute atomic E-state index is 13.7. The highest BCUT2D eigenvalue weighted by Gasteiger charge is 2.25. The van der Waals surface area contributed by atoms with E-state index < -0.39 is 5.82 Å². The number of carbonyl (C=O) groups is 1. The summed E-state index contributed by atoms with van der Waals surface area (Å²) < 4.78 is 13.7. The first-order valence-corrected chi connectivity index (χ1v) is 6.71. The number of nitrogens with zero attached hydrogens (tertiary/aromatic N) is 2. The molecule has 19 heavy (non-hydrogen) atoms. The van der Waals surface area contributed by atoms with Gasteiger partial charge in [0.1, 0.15) is 5.82 Å². The van der Waals surface area contributed by atoms with Crippen molar-refractivity contribution >= 4 is 5.91 Å². The minimum Gasteiger partial charge on any atom is -0.340 e. The number of benzene rings is 1. The summed E-state index contributed by atoms with van der Waals surface area (Å²) in [5.74, 6) is -0.677. The lowest BCUT2D eigenvalue weighted by atomic mass is 10.1. The van der Waals surface area contributed by atoms with Crippen molar-refractivity contribution in [1.82, 2.24) is 9.80 Å². The first-order chi connectivity index (χ1) is 8.99. The van der Waals surface area contributed by atoms with Gasteiger partial charge in [0.15, 0.2) is 0 Å². The molecule has 1 amide bonds. The number of carbonyl (C=O) groups excluding carboxylic acids is 1. The van der Waals surface area contributed by atoms with Gasteiger partial charge in [-0.05, 0) is 45.5 Å². The van der Waals surface area contributed by atoms with Crippen molar-refractivity contribution in [3.63, 3.8) is 0 Å². The Morgan fingerprint density at radius 2 is 2.26 bits per heavy atom. The summed E-state index contributed by atoms with van der Waals surface area (Å²) in [6, 6.07) is 5.04. The van der Waals surface area contributed by atoms with Crippen LogP contribution in [0.15, 0.2) is 18.2 Å². The summed E-state index contributed by atoms with van der Waals surface area (Å²) in [7, 11) is 3.82. The molecule has 0 radical (unpaired) electrons. The maximum atomic E-state index is 13.7. The highest BCUT2D eigenvalue weighted by molar-refractivity contribution is 5.94. The van der Waals surface area contributed by atoms with E-state index in [4.69, 9.17) is 0 Å². The van der Waals surface area contributed by atoms with Crippen molar-refractivity contribution in [2.75, 3.05) is 27.2 Å². The molecule has 1 atom stereocenters. The molecule has 0 aliphatic carbocycles. The second-order valence-electron chi connectivity index (χ2n) is 5.45. The molecule has 1 unspecified atom stereocenters. The van der Waals surface area contributed by atoms with Gasteiger partial charge in [0.25, 0.3) is 5.91 Å². The van der Waals surface area contributed by atoms with E-state index in [1.807, 2.05) is 6.92 Å². The summed E-state index contributed by atoms with van der Waals surface area (Å²) in [6.45, 7) is 3.59. The summed E-state index contributed by atoms with van der Waals surface area (Å²) in [6.07, 6.45) is 2.27. The number of amides is 1. The normalized spacial score (nSPS) is 19.7. The smallest absolute Gasteiger partial charge is 0.256 e. The highest BCUT2D eigenvalue weighted by Crippen LogP contribution is 2.17. The fourth-order valence-corrected chi connectivity index (χ4v) is 2.62. The van der Waals surface area contributed by atoms with Gasteiger partial charge in [-0.2, -0.15) is 0 Å². The number of halogens is 1. The molecule has 0 N–H and O–H groups in total. The predicted molar refractivity (Wildman–Crippen MR) is 73.7 cm³/mol. The molecule has 1 aliphatic heterocycles. The predicted octanol–water partition coefficient (Wildman–Crippen LogP) is 2.30. The minimum absolute atomic E-state index is 0.170. The van der Waals surface area contributed by atoms with Gasteiger partial charge in [-0.3, -0.25) is 4.79 Å². The lowest BCUT2D eigenvalue weighted by molar-refractivity contribution is 0.0757. The van der Waals surface area contributed by atoms with E-state index in [1.54, 1.807) is 24.1 Å². The average Bonchev–Trinajstić information content (AvgIpc) is 2.77. The fourth-order valence-electron chi connectivity index (χ4n) is 2.62. The Labute approximate surface area is 114 Å². The first-order valence-electron chi connectivity index (χ1n) is 6.71. The van der Waals surface area contributed by atoms with Gasteiger partial charge < -0.3 is 9.80 Å². The zero-order chi connectivity index (χ0) is 14.0. The third kappa shape index (κ3) is 3.13. The maximum Gasteiger partial charge on any atom is 0.256 e. The molecule has 1 fully saturated rings. The van der Waals surface area contributed by atoms with E-state index in [-0.39, 0.29) is 11.5 Å². The monoisotopic (exact) mass is 264 g/mol. The van der Waals surface area contributed by atoms with Crippen LogP contribution >= 0.6 is 0 Å². The SMILES string of the molecule is Cc1ccc(F)c(C(=O)N(C)CC2CCCN2C)c1. The highest BCUT2D eigenvalue weighted by atomic mass is 19.1. The van der Waals surface area contributed by atoms with Gasteiger partial charge in [0, 0.05) is 19.6 Å². The molecule has 1 aromatic rings. The molecular weight excluding hydrogens is 243 g/mol. The second-order valence-corrected chi connectivity index (χ2v) is 5.45. The van der Waals surface area contributed by atoms with Crippen molar-refractivity contribution in [3.05, 3.63) is 35.1 Å². The fraction of sp³-hybridized carbons (Fsp3) is 0.533. The van der Waals surface area contributed by atoms with E-state index in [0.717, 1.165) is 18.5 Å². The van der Waals surface area contributed by atoms with Crippen LogP contribution in [0.1, 0.15) is 28.8 Å². The van der Waals surface area contributed by atoms with Gasteiger partial charge in [-0.25, -0.2) is 4.39 Å². The van der Waals surface area contributed by atoms with E-state index >= 15 is 0 Å². The molecule has 104 valence electrons. The van der Waals surface area contributed by atoms with Crippen LogP contribution in [-0.4, -0.2) is 48.9 Å². The van der Waals surface area contributed by atoms with E-state index in [9.17, 15) is 9.18 Å². The molecule has 0 bridgehead atoms. The lowest BCUT2D eigenvalue weighted by Crippen LogP contribution is -2.39. The largest absolute Gasteiger partial charge is 0.340 e. The molecule has 0 saturated carbocycles. The summed E-state index contributed by atoms with van der Waals surface area (Å²) in [5, 5.41) is 0. The molecule has 0 spiro atoms. The number of hydrogen-bond acceptors (Lipinski definition) is 2. The van der Waals surface area contributed by atoms with Crippen LogP contribution < -0.4 is 0 Å². The zero-order valence-electron chi connectivity index (χ0n) is 11.8. The molecule has 1 saturated heterocycles. The number of likely N-dealkylation sites (N-methyl/N-ethyl adjacent to an activating group) is 2. The molecular formula is C15H21FN2O. The van der Waals surface area contributed by atoms with Gasteiger partial charge in [-0.1, -0.05) is 11.6 Å². The van der Waals surface area contributed by atoms with E-state index in [1.165, 1.54) is 12.5 Å². The van der Waals surface area contributed by atoms with Crippen LogP contribution in [0.25, 0.3) is 0 Å². The summed E-state index contributed by atoms with van der Waals surface area (Å²) >= 11 is 0. The van der Waals surface area contributed by atoms with Crippen molar-refractivity contribution in [3.8, 4) is 0 Å². The number of aryl methyl sites for hydroxylation is 1. The van der Waals surface area contributed by atoms with Crippen molar-refractivity contribution in [2.45, 2.75) is 25.8 Å². The van der Waals surface area contributed by atoms with Crippen LogP contribution in [0.4, 0.5) is 4.39 Å². The Hall–Kier alpha value is -1.42. The van der Waals surface area contributed by atoms with Crippen molar-refractivity contribution in [2.24, 2.45) is 0 Å². The number of hydrogen-bond donors (Lipinski definition) is 0. The molecule has 1 aliphatic rings. The molecule has 1 heterocycles. The lowest BCUT2D eigenvalue weighted by Gasteiger charge is -2.26. The minimum atomic E-state index is -0.442. The average molecular weight is 264 g/mol. The molecule has 2 rings (SSSR count). The van der Waals surface area contributed by atoms with Crippen LogP contribution in [0.3, 0.4) is 0 Å². The van der Waals surface area contributed by atoms with Crippen molar-refractivity contribution < 1.29 is 9.18 Å². The van der Waals surface area contributed by atoms with Gasteiger partial charge >= 0.3 is 0 Å². The standard InChI is InChI=1S/C15H21FN2O/c1-11-6-7-14(16)13(9-11)15(19)18(3)10-12-5-4-8-17(12)2/h6-7,9,12H,4-5,8,10H2,1-3H3. The second kappa shape index (κ2) is 5.70. The van der Waals surface area contributed by atoms with E-state index in [0.29, 0.717) is 12.6 Å². The third-order valence-electron chi connectivity index (χ3n) is 3.86. The van der Waals surface area contributed by atoms with Crippen molar-refractivity contribution in [1.29, 1.82) is 0 Å². The molecule has 1 aromatic carbocycles. The molecule has 3 nitrogen and oxygen atoms in total. The first kappa shape index (κ1) is 14.0. The summed E-state index contributed by atoms with van der Waals surface area (Å²) in [5.41, 5.74) is 1.07. The Morgan fingerprint density at radius 1 is 1.53 bits per heavy atom.